The van der Waals surface area contributed by atoms with Crippen LogP contribution in [0.4, 0.5) is 17.5 Å². The molecule has 154 valence electrons. The molecular weight excluding hydrogens is 364 g/mol. The Hall–Kier alpha value is -2.87. The highest BCUT2D eigenvalue weighted by Crippen LogP contribution is 2.34. The fraction of sp³-hybridized carbons (Fsp3) is 0.476. The predicted molar refractivity (Wildman–Crippen MR) is 118 cm³/mol. The van der Waals surface area contributed by atoms with Gasteiger partial charge in [0.25, 0.3) is 0 Å². The Morgan fingerprint density at radius 2 is 1.86 bits per heavy atom. The van der Waals surface area contributed by atoms with Crippen LogP contribution in [0.5, 0.6) is 0 Å². The molecule has 0 aliphatic heterocycles. The third-order valence-electron chi connectivity index (χ3n) is 5.57. The summed E-state index contributed by atoms with van der Waals surface area (Å²) >= 11 is 0. The van der Waals surface area contributed by atoms with Crippen molar-refractivity contribution in [3.8, 4) is 0 Å². The van der Waals surface area contributed by atoms with Gasteiger partial charge in [-0.05, 0) is 31.4 Å². The van der Waals surface area contributed by atoms with Gasteiger partial charge in [0.15, 0.2) is 17.0 Å². The van der Waals surface area contributed by atoms with E-state index < -0.39 is 0 Å². The zero-order valence-corrected chi connectivity index (χ0v) is 16.9. The minimum atomic E-state index is -0.00427. The summed E-state index contributed by atoms with van der Waals surface area (Å²) in [4.78, 5) is 14.0. The molecule has 1 saturated carbocycles. The molecule has 29 heavy (non-hydrogen) atoms. The number of nitrogens with two attached hydrogens (primary N) is 3. The number of nitrogens with one attached hydrogen (secondary N) is 1. The zero-order valence-electron chi connectivity index (χ0n) is 16.9. The van der Waals surface area contributed by atoms with Crippen LogP contribution in [0.3, 0.4) is 0 Å². The van der Waals surface area contributed by atoms with E-state index in [1.165, 1.54) is 19.3 Å². The van der Waals surface area contributed by atoms with E-state index in [4.69, 9.17) is 27.2 Å². The summed E-state index contributed by atoms with van der Waals surface area (Å²) in [5.41, 5.74) is 21.6. The zero-order chi connectivity index (χ0) is 20.4. The Morgan fingerprint density at radius 1 is 1.10 bits per heavy atom. The number of para-hydroxylation sites is 1. The van der Waals surface area contributed by atoms with Crippen LogP contribution in [-0.4, -0.2) is 32.1 Å². The summed E-state index contributed by atoms with van der Waals surface area (Å²) in [6, 6.07) is 8.28. The maximum atomic E-state index is 6.28. The van der Waals surface area contributed by atoms with E-state index >= 15 is 0 Å². The summed E-state index contributed by atoms with van der Waals surface area (Å²) in [5, 5.41) is 3.19. The van der Waals surface area contributed by atoms with Crippen molar-refractivity contribution in [2.24, 2.45) is 5.73 Å². The molecule has 0 radical (unpaired) electrons. The quantitative estimate of drug-likeness (QED) is 0.472. The first-order chi connectivity index (χ1) is 14.0. The van der Waals surface area contributed by atoms with Gasteiger partial charge in [0.2, 0.25) is 5.95 Å². The molecular formula is C21H30N8. The summed E-state index contributed by atoms with van der Waals surface area (Å²) in [6.07, 6.45) is 6.59. The number of benzene rings is 1. The van der Waals surface area contributed by atoms with Crippen LogP contribution < -0.4 is 22.5 Å². The van der Waals surface area contributed by atoms with Crippen LogP contribution in [0.15, 0.2) is 24.3 Å². The van der Waals surface area contributed by atoms with Gasteiger partial charge in [-0.1, -0.05) is 37.5 Å². The van der Waals surface area contributed by atoms with E-state index in [9.17, 15) is 0 Å². The van der Waals surface area contributed by atoms with Gasteiger partial charge in [0, 0.05) is 30.7 Å². The highest BCUT2D eigenvalue weighted by molar-refractivity contribution is 5.83. The summed E-state index contributed by atoms with van der Waals surface area (Å²) in [6.45, 7) is 2.51. The lowest BCUT2D eigenvalue weighted by atomic mass is 9.95. The van der Waals surface area contributed by atoms with Gasteiger partial charge >= 0.3 is 0 Å². The molecule has 0 saturated heterocycles. The molecule has 2 heterocycles. The molecule has 0 bridgehead atoms. The van der Waals surface area contributed by atoms with E-state index in [-0.39, 0.29) is 6.04 Å². The molecule has 1 unspecified atom stereocenters. The van der Waals surface area contributed by atoms with E-state index in [2.05, 4.69) is 14.9 Å². The molecule has 1 aliphatic carbocycles. The Kier molecular flexibility index (Phi) is 5.53. The molecule has 4 rings (SSSR count). The fourth-order valence-electron chi connectivity index (χ4n) is 4.08. The van der Waals surface area contributed by atoms with Gasteiger partial charge in [-0.3, -0.25) is 0 Å². The van der Waals surface area contributed by atoms with E-state index in [0.29, 0.717) is 36.3 Å². The van der Waals surface area contributed by atoms with Crippen molar-refractivity contribution in [1.29, 1.82) is 0 Å². The Balaban J connectivity index is 1.80. The molecule has 7 N–H and O–H groups in total. The number of imidazole rings is 1. The lowest BCUT2D eigenvalue weighted by molar-refractivity contribution is 0.352. The number of hydrogen-bond acceptors (Lipinski definition) is 7. The molecule has 0 spiro atoms. The van der Waals surface area contributed by atoms with Crippen molar-refractivity contribution in [2.45, 2.75) is 57.5 Å². The minimum absolute atomic E-state index is 0.00427. The maximum Gasteiger partial charge on any atom is 0.226 e. The van der Waals surface area contributed by atoms with Crippen molar-refractivity contribution >= 4 is 28.6 Å². The first-order valence-electron chi connectivity index (χ1n) is 10.4. The van der Waals surface area contributed by atoms with Crippen molar-refractivity contribution in [3.63, 3.8) is 0 Å². The molecule has 8 nitrogen and oxygen atoms in total. The highest BCUT2D eigenvalue weighted by Gasteiger charge is 2.24. The summed E-state index contributed by atoms with van der Waals surface area (Å²) < 4.78 is 2.27. The number of fused-ring (bicyclic) bond motifs is 1. The third-order valence-corrected chi connectivity index (χ3v) is 5.57. The van der Waals surface area contributed by atoms with Gasteiger partial charge in [0.05, 0.1) is 0 Å². The normalized spacial score (nSPS) is 16.2. The van der Waals surface area contributed by atoms with Crippen molar-refractivity contribution in [1.82, 2.24) is 19.5 Å². The van der Waals surface area contributed by atoms with Crippen LogP contribution in [0.1, 0.15) is 56.5 Å². The molecule has 3 aromatic rings. The second-order valence-corrected chi connectivity index (χ2v) is 8.03. The number of anilines is 3. The Labute approximate surface area is 170 Å². The second kappa shape index (κ2) is 8.24. The number of hydrogen-bond donors (Lipinski definition) is 4. The van der Waals surface area contributed by atoms with E-state index in [1.54, 1.807) is 0 Å². The first-order valence-corrected chi connectivity index (χ1v) is 10.4. The number of rotatable bonds is 6. The Bertz CT molecular complexity index is 988. The summed E-state index contributed by atoms with van der Waals surface area (Å²) in [7, 11) is 0. The largest absolute Gasteiger partial charge is 0.398 e. The number of nitrogens with zero attached hydrogens (tertiary/aromatic N) is 4. The van der Waals surface area contributed by atoms with Crippen LogP contribution in [0.2, 0.25) is 0 Å². The van der Waals surface area contributed by atoms with Crippen LogP contribution in [0.25, 0.3) is 11.2 Å². The third kappa shape index (κ3) is 4.12. The predicted octanol–water partition coefficient (Wildman–Crippen LogP) is 2.85. The SMILES string of the molecule is CC(N)CNc1nc(N)c2nc(Cc3ccccc3N)n(C3CCCCC3)c2n1. The van der Waals surface area contributed by atoms with Crippen molar-refractivity contribution in [2.75, 3.05) is 23.3 Å². The lowest BCUT2D eigenvalue weighted by Gasteiger charge is -2.25. The molecule has 8 heteroatoms. The van der Waals surface area contributed by atoms with Gasteiger partial charge in [-0.25, -0.2) is 4.98 Å². The standard InChI is InChI=1S/C21H30N8/c1-13(22)12-25-21-27-19(24)18-20(28-21)29(15-8-3-2-4-9-15)17(26-18)11-14-7-5-6-10-16(14)23/h5-7,10,13,15H,2-4,8-9,11-12,22-23H2,1H3,(H3,24,25,27,28). The lowest BCUT2D eigenvalue weighted by Crippen LogP contribution is -2.26. The number of aromatic nitrogens is 4. The smallest absolute Gasteiger partial charge is 0.226 e. The van der Waals surface area contributed by atoms with Crippen LogP contribution >= 0.6 is 0 Å². The van der Waals surface area contributed by atoms with Gasteiger partial charge in [-0.15, -0.1) is 0 Å². The van der Waals surface area contributed by atoms with Crippen LogP contribution in [0, 0.1) is 0 Å². The monoisotopic (exact) mass is 394 g/mol. The topological polar surface area (TPSA) is 134 Å². The fourth-order valence-corrected chi connectivity index (χ4v) is 4.08. The number of nitrogen functional groups attached to an aromatic ring is 2. The molecule has 1 aliphatic rings. The molecule has 1 atom stereocenters. The summed E-state index contributed by atoms with van der Waals surface area (Å²) in [5.74, 6) is 1.82. The minimum Gasteiger partial charge on any atom is -0.398 e. The van der Waals surface area contributed by atoms with E-state index in [1.807, 2.05) is 31.2 Å². The molecule has 2 aromatic heterocycles. The Morgan fingerprint density at radius 3 is 2.59 bits per heavy atom. The van der Waals surface area contributed by atoms with Gasteiger partial charge in [0.1, 0.15) is 5.82 Å². The average Bonchev–Trinajstić information content (AvgIpc) is 3.07. The highest BCUT2D eigenvalue weighted by atomic mass is 15.2. The van der Waals surface area contributed by atoms with Crippen LogP contribution in [-0.2, 0) is 6.42 Å². The van der Waals surface area contributed by atoms with Crippen molar-refractivity contribution in [3.05, 3.63) is 35.7 Å². The average molecular weight is 395 g/mol. The molecule has 1 fully saturated rings. The maximum absolute atomic E-state index is 6.28. The van der Waals surface area contributed by atoms with E-state index in [0.717, 1.165) is 35.6 Å². The second-order valence-electron chi connectivity index (χ2n) is 8.03. The molecule has 1 aromatic carbocycles. The van der Waals surface area contributed by atoms with Gasteiger partial charge < -0.3 is 27.1 Å². The van der Waals surface area contributed by atoms with Gasteiger partial charge in [-0.2, -0.15) is 9.97 Å². The molecule has 0 amide bonds. The van der Waals surface area contributed by atoms with Crippen molar-refractivity contribution < 1.29 is 0 Å². The first kappa shape index (κ1) is 19.4.